The minimum Gasteiger partial charge on any atom is -0.478 e. The van der Waals surface area contributed by atoms with Crippen molar-refractivity contribution in [1.29, 1.82) is 0 Å². The van der Waals surface area contributed by atoms with Crippen LogP contribution in [0.1, 0.15) is 34.1 Å². The first-order valence-electron chi connectivity index (χ1n) is 7.12. The van der Waals surface area contributed by atoms with Crippen LogP contribution >= 0.6 is 0 Å². The number of carbonyl (C=O) groups excluding carboxylic acids is 1. The van der Waals surface area contributed by atoms with Crippen molar-refractivity contribution < 1.29 is 19.0 Å². The molecule has 0 saturated carbocycles. The van der Waals surface area contributed by atoms with E-state index in [1.54, 1.807) is 26.0 Å². The summed E-state index contributed by atoms with van der Waals surface area (Å²) < 4.78 is 18.7. The van der Waals surface area contributed by atoms with Crippen LogP contribution in [0.4, 0.5) is 4.39 Å². The smallest absolute Gasteiger partial charge is 0.260 e. The number of rotatable bonds is 7. The minimum absolute atomic E-state index is 0.0362. The van der Waals surface area contributed by atoms with Gasteiger partial charge in [0, 0.05) is 6.54 Å². The van der Waals surface area contributed by atoms with Crippen LogP contribution in [0.25, 0.3) is 0 Å². The lowest BCUT2D eigenvalue weighted by Gasteiger charge is -2.26. The Morgan fingerprint density at radius 3 is 2.57 bits per heavy atom. The van der Waals surface area contributed by atoms with Crippen LogP contribution in [0.15, 0.2) is 24.3 Å². The first-order valence-corrected chi connectivity index (χ1v) is 7.12. The molecule has 1 aromatic rings. The molecule has 0 aromatic heterocycles. The second kappa shape index (κ2) is 7.41. The zero-order valence-corrected chi connectivity index (χ0v) is 13.0. The molecule has 118 valence electrons. The maximum atomic E-state index is 13.4. The Morgan fingerprint density at radius 2 is 2.00 bits per heavy atom. The van der Waals surface area contributed by atoms with Gasteiger partial charge in [0.25, 0.3) is 5.91 Å². The normalized spacial score (nSPS) is 15.4. The number of halogens is 1. The molecular weight excluding hydrogens is 273 g/mol. The third-order valence-corrected chi connectivity index (χ3v) is 3.00. The number of aliphatic hydroxyl groups is 1. The van der Waals surface area contributed by atoms with Gasteiger partial charge in [0.2, 0.25) is 0 Å². The Hall–Kier alpha value is -1.62. The summed E-state index contributed by atoms with van der Waals surface area (Å²) in [5.74, 6) is -0.538. The molecule has 0 bridgehead atoms. The average molecular weight is 297 g/mol. The Morgan fingerprint density at radius 1 is 1.38 bits per heavy atom. The number of hydrogen-bond acceptors (Lipinski definition) is 3. The fraction of sp³-hybridized carbons (Fsp3) is 0.562. The lowest BCUT2D eigenvalue weighted by atomic mass is 9.94. The first-order chi connectivity index (χ1) is 9.71. The number of para-hydroxylation sites is 1. The van der Waals surface area contributed by atoms with E-state index in [4.69, 9.17) is 4.74 Å². The number of ether oxygens (including phenoxy) is 1. The summed E-state index contributed by atoms with van der Waals surface area (Å²) in [6, 6.07) is 5.92. The van der Waals surface area contributed by atoms with E-state index in [9.17, 15) is 14.3 Å². The van der Waals surface area contributed by atoms with Crippen molar-refractivity contribution in [1.82, 2.24) is 5.32 Å². The molecule has 1 amide bonds. The van der Waals surface area contributed by atoms with Crippen LogP contribution in [-0.4, -0.2) is 29.3 Å². The SMILES string of the molecule is CC(C)CC(C)(O)CNC(=O)C(C)Oc1ccccc1F. The van der Waals surface area contributed by atoms with Gasteiger partial charge in [-0.15, -0.1) is 0 Å². The molecule has 0 saturated heterocycles. The average Bonchev–Trinajstić information content (AvgIpc) is 2.37. The predicted octanol–water partition coefficient (Wildman–Crippen LogP) is 2.51. The van der Waals surface area contributed by atoms with Gasteiger partial charge in [-0.1, -0.05) is 26.0 Å². The fourth-order valence-electron chi connectivity index (χ4n) is 2.16. The lowest BCUT2D eigenvalue weighted by molar-refractivity contribution is -0.128. The standard InChI is InChI=1S/C16H24FNO3/c1-11(2)9-16(4,20)10-18-15(19)12(3)21-14-8-6-5-7-13(14)17/h5-8,11-12,20H,9-10H2,1-4H3,(H,18,19). The zero-order chi connectivity index (χ0) is 16.0. The van der Waals surface area contributed by atoms with Crippen LogP contribution < -0.4 is 10.1 Å². The molecule has 2 unspecified atom stereocenters. The van der Waals surface area contributed by atoms with Crippen molar-refractivity contribution in [2.75, 3.05) is 6.54 Å². The summed E-state index contributed by atoms with van der Waals surface area (Å²) >= 11 is 0. The predicted molar refractivity (Wildman–Crippen MR) is 79.6 cm³/mol. The van der Waals surface area contributed by atoms with Crippen molar-refractivity contribution in [3.8, 4) is 5.75 Å². The van der Waals surface area contributed by atoms with Crippen molar-refractivity contribution in [3.05, 3.63) is 30.1 Å². The molecule has 0 aliphatic heterocycles. The van der Waals surface area contributed by atoms with Gasteiger partial charge in [0.15, 0.2) is 17.7 Å². The second-order valence-corrected chi connectivity index (χ2v) is 6.00. The van der Waals surface area contributed by atoms with E-state index in [-0.39, 0.29) is 18.2 Å². The molecule has 0 heterocycles. The third-order valence-electron chi connectivity index (χ3n) is 3.00. The lowest BCUT2D eigenvalue weighted by Crippen LogP contribution is -2.45. The van der Waals surface area contributed by atoms with Gasteiger partial charge in [-0.25, -0.2) is 4.39 Å². The van der Waals surface area contributed by atoms with E-state index in [2.05, 4.69) is 5.32 Å². The van der Waals surface area contributed by atoms with E-state index in [1.165, 1.54) is 12.1 Å². The summed E-state index contributed by atoms with van der Waals surface area (Å²) in [6.45, 7) is 7.35. The van der Waals surface area contributed by atoms with Gasteiger partial charge in [-0.05, 0) is 38.3 Å². The highest BCUT2D eigenvalue weighted by molar-refractivity contribution is 5.80. The van der Waals surface area contributed by atoms with Gasteiger partial charge in [-0.2, -0.15) is 0 Å². The molecule has 5 heteroatoms. The first kappa shape index (κ1) is 17.4. The highest BCUT2D eigenvalue weighted by Gasteiger charge is 2.24. The molecule has 0 fully saturated rings. The highest BCUT2D eigenvalue weighted by Crippen LogP contribution is 2.18. The zero-order valence-electron chi connectivity index (χ0n) is 13.0. The molecule has 0 aliphatic carbocycles. The van der Waals surface area contributed by atoms with Crippen molar-refractivity contribution in [3.63, 3.8) is 0 Å². The van der Waals surface area contributed by atoms with Gasteiger partial charge >= 0.3 is 0 Å². The molecule has 1 rings (SSSR count). The Kier molecular flexibility index (Phi) is 6.15. The van der Waals surface area contributed by atoms with Gasteiger partial charge in [-0.3, -0.25) is 4.79 Å². The maximum Gasteiger partial charge on any atom is 0.260 e. The van der Waals surface area contributed by atoms with E-state index in [0.29, 0.717) is 12.3 Å². The molecule has 4 nitrogen and oxygen atoms in total. The minimum atomic E-state index is -0.971. The van der Waals surface area contributed by atoms with Crippen LogP contribution in [0.3, 0.4) is 0 Å². The fourth-order valence-corrected chi connectivity index (χ4v) is 2.16. The molecule has 0 radical (unpaired) electrons. The van der Waals surface area contributed by atoms with E-state index in [1.807, 2.05) is 13.8 Å². The summed E-state index contributed by atoms with van der Waals surface area (Å²) in [6.07, 6.45) is -0.257. The van der Waals surface area contributed by atoms with E-state index >= 15 is 0 Å². The van der Waals surface area contributed by atoms with Gasteiger partial charge < -0.3 is 15.2 Å². The van der Waals surface area contributed by atoms with Crippen LogP contribution in [-0.2, 0) is 4.79 Å². The van der Waals surface area contributed by atoms with Gasteiger partial charge in [0.1, 0.15) is 0 Å². The van der Waals surface area contributed by atoms with Crippen LogP contribution in [0, 0.1) is 11.7 Å². The van der Waals surface area contributed by atoms with E-state index in [0.717, 1.165) is 0 Å². The number of amides is 1. The van der Waals surface area contributed by atoms with Crippen LogP contribution in [0.5, 0.6) is 5.75 Å². The van der Waals surface area contributed by atoms with Crippen LogP contribution in [0.2, 0.25) is 0 Å². The maximum absolute atomic E-state index is 13.4. The highest BCUT2D eigenvalue weighted by atomic mass is 19.1. The second-order valence-electron chi connectivity index (χ2n) is 6.00. The van der Waals surface area contributed by atoms with Crippen molar-refractivity contribution >= 4 is 5.91 Å². The molecule has 2 atom stereocenters. The van der Waals surface area contributed by atoms with E-state index < -0.39 is 17.5 Å². The summed E-state index contributed by atoms with van der Waals surface area (Å²) in [4.78, 5) is 11.9. The monoisotopic (exact) mass is 297 g/mol. The summed E-state index contributed by atoms with van der Waals surface area (Å²) in [7, 11) is 0. The molecule has 21 heavy (non-hydrogen) atoms. The quantitative estimate of drug-likeness (QED) is 0.813. The number of benzene rings is 1. The topological polar surface area (TPSA) is 58.6 Å². The Balaban J connectivity index is 2.50. The third kappa shape index (κ3) is 6.12. The molecule has 1 aromatic carbocycles. The molecule has 2 N–H and O–H groups in total. The molecule has 0 spiro atoms. The number of hydrogen-bond donors (Lipinski definition) is 2. The Bertz CT molecular complexity index is 474. The van der Waals surface area contributed by atoms with Crippen molar-refractivity contribution in [2.45, 2.75) is 45.8 Å². The molecular formula is C16H24FNO3. The number of nitrogens with one attached hydrogen (secondary N) is 1. The largest absolute Gasteiger partial charge is 0.478 e. The number of carbonyl (C=O) groups is 1. The Labute approximate surface area is 125 Å². The van der Waals surface area contributed by atoms with Crippen molar-refractivity contribution in [2.24, 2.45) is 5.92 Å². The summed E-state index contributed by atoms with van der Waals surface area (Å²) in [5, 5.41) is 12.8. The molecule has 0 aliphatic rings. The summed E-state index contributed by atoms with van der Waals surface area (Å²) in [5.41, 5.74) is -0.971. The van der Waals surface area contributed by atoms with Gasteiger partial charge in [0.05, 0.1) is 5.60 Å².